The molecule has 5 N–H and O–H groups in total. The summed E-state index contributed by atoms with van der Waals surface area (Å²) in [6.07, 6.45) is -0.0869. The fourth-order valence-corrected chi connectivity index (χ4v) is 7.67. The summed E-state index contributed by atoms with van der Waals surface area (Å²) in [6.45, 7) is 7.94. The van der Waals surface area contributed by atoms with Crippen molar-refractivity contribution in [3.05, 3.63) is 12.2 Å². The Labute approximate surface area is 149 Å². The summed E-state index contributed by atoms with van der Waals surface area (Å²) in [5.74, 6) is -0.328. The molecule has 4 rings (SSSR count). The Balaban J connectivity index is 1.90. The first-order valence-corrected chi connectivity index (χ1v) is 9.66. The van der Waals surface area contributed by atoms with Crippen LogP contribution >= 0.6 is 0 Å². The second-order valence-electron chi connectivity index (χ2n) is 9.77. The van der Waals surface area contributed by atoms with E-state index in [2.05, 4.69) is 6.58 Å². The van der Waals surface area contributed by atoms with Crippen LogP contribution in [0.25, 0.3) is 0 Å². The van der Waals surface area contributed by atoms with Gasteiger partial charge in [0.15, 0.2) is 0 Å². The third kappa shape index (κ3) is 1.86. The molecule has 0 aliphatic heterocycles. The molecule has 0 radical (unpaired) electrons. The predicted octanol–water partition coefficient (Wildman–Crippen LogP) is 0.831. The van der Waals surface area contributed by atoms with Crippen LogP contribution in [-0.4, -0.2) is 56.6 Å². The molecule has 0 heterocycles. The van der Waals surface area contributed by atoms with Crippen LogP contribution in [0.2, 0.25) is 0 Å². The molecule has 4 unspecified atom stereocenters. The maximum atomic E-state index is 11.2. The third-order valence-electron chi connectivity index (χ3n) is 8.89. The Kier molecular flexibility index (Phi) is 3.80. The van der Waals surface area contributed by atoms with Gasteiger partial charge in [-0.05, 0) is 54.9 Å². The molecular formula is C20H32O5. The van der Waals surface area contributed by atoms with Crippen molar-refractivity contribution >= 4 is 0 Å². The standard InChI is InChI=1S/C20H32O5/c1-10-11-4-5-12-19(3)13(22)6-7-18(2,9-21)15(19)14(23)17(25)20(12,8-11)16(10)24/h11-17,21-25H,1,4-9H2,2-3H3/t11-,12+,13?,14?,15-,16?,17?,18-,19-,20+/m0/s1. The van der Waals surface area contributed by atoms with Gasteiger partial charge in [0.1, 0.15) is 0 Å². The second kappa shape index (κ2) is 5.29. The van der Waals surface area contributed by atoms with Gasteiger partial charge < -0.3 is 25.5 Å². The topological polar surface area (TPSA) is 101 Å². The van der Waals surface area contributed by atoms with Crippen molar-refractivity contribution in [2.75, 3.05) is 6.61 Å². The van der Waals surface area contributed by atoms with Gasteiger partial charge >= 0.3 is 0 Å². The van der Waals surface area contributed by atoms with Crippen LogP contribution in [0.4, 0.5) is 0 Å². The van der Waals surface area contributed by atoms with Gasteiger partial charge in [-0.3, -0.25) is 0 Å². The number of fused-ring (bicyclic) bond motifs is 3. The van der Waals surface area contributed by atoms with Gasteiger partial charge in [-0.2, -0.15) is 0 Å². The molecule has 4 saturated carbocycles. The van der Waals surface area contributed by atoms with E-state index >= 15 is 0 Å². The Morgan fingerprint density at radius 3 is 2.40 bits per heavy atom. The van der Waals surface area contributed by atoms with Crippen LogP contribution in [0.3, 0.4) is 0 Å². The summed E-state index contributed by atoms with van der Waals surface area (Å²) in [5.41, 5.74) is -1.26. The van der Waals surface area contributed by atoms with E-state index in [0.717, 1.165) is 18.4 Å². The lowest BCUT2D eigenvalue weighted by molar-refractivity contribution is -0.295. The minimum Gasteiger partial charge on any atom is -0.396 e. The summed E-state index contributed by atoms with van der Waals surface area (Å²) >= 11 is 0. The molecule has 0 aromatic heterocycles. The maximum absolute atomic E-state index is 11.2. The van der Waals surface area contributed by atoms with Crippen LogP contribution in [0.15, 0.2) is 12.2 Å². The van der Waals surface area contributed by atoms with Crippen molar-refractivity contribution in [3.8, 4) is 0 Å². The SMILES string of the molecule is C=C1C(O)[C@@]23C[C@@H]1CC[C@@H]2[C@@]1(C)C(O)CC[C@@](C)(CO)[C@@H]1C(O)C3O. The minimum atomic E-state index is -1.08. The highest BCUT2D eigenvalue weighted by atomic mass is 16.3. The van der Waals surface area contributed by atoms with Gasteiger partial charge in [0.05, 0.1) is 24.4 Å². The monoisotopic (exact) mass is 352 g/mol. The van der Waals surface area contributed by atoms with Gasteiger partial charge in [-0.1, -0.05) is 20.4 Å². The van der Waals surface area contributed by atoms with E-state index < -0.39 is 46.6 Å². The first-order valence-electron chi connectivity index (χ1n) is 9.66. The normalized spacial score (nSPS) is 60.9. The molecular weight excluding hydrogens is 320 g/mol. The van der Waals surface area contributed by atoms with E-state index in [1.807, 2.05) is 13.8 Å². The number of rotatable bonds is 1. The fraction of sp³-hybridized carbons (Fsp3) is 0.900. The average molecular weight is 352 g/mol. The molecule has 142 valence electrons. The molecule has 10 atom stereocenters. The molecule has 0 amide bonds. The molecule has 4 aliphatic rings. The smallest absolute Gasteiger partial charge is 0.0889 e. The minimum absolute atomic E-state index is 0.0820. The molecule has 4 aliphatic carbocycles. The van der Waals surface area contributed by atoms with Crippen LogP contribution in [-0.2, 0) is 0 Å². The summed E-state index contributed by atoms with van der Waals surface area (Å²) in [5, 5.41) is 54.5. The highest BCUT2D eigenvalue weighted by Crippen LogP contribution is 2.71. The Morgan fingerprint density at radius 2 is 1.76 bits per heavy atom. The summed E-state index contributed by atoms with van der Waals surface area (Å²) < 4.78 is 0. The van der Waals surface area contributed by atoms with Crippen LogP contribution in [0, 0.1) is 34.0 Å². The van der Waals surface area contributed by atoms with Crippen molar-refractivity contribution in [3.63, 3.8) is 0 Å². The van der Waals surface area contributed by atoms with E-state index in [0.29, 0.717) is 19.3 Å². The van der Waals surface area contributed by atoms with Gasteiger partial charge in [0, 0.05) is 23.4 Å². The number of aliphatic hydroxyl groups excluding tert-OH is 5. The van der Waals surface area contributed by atoms with Crippen molar-refractivity contribution < 1.29 is 25.5 Å². The molecule has 4 fully saturated rings. The lowest BCUT2D eigenvalue weighted by atomic mass is 9.38. The quantitative estimate of drug-likeness (QED) is 0.450. The van der Waals surface area contributed by atoms with E-state index in [9.17, 15) is 25.5 Å². The first kappa shape index (κ1) is 17.9. The summed E-state index contributed by atoms with van der Waals surface area (Å²) in [4.78, 5) is 0. The zero-order valence-electron chi connectivity index (χ0n) is 15.2. The van der Waals surface area contributed by atoms with Gasteiger partial charge in [-0.15, -0.1) is 0 Å². The first-order chi connectivity index (χ1) is 11.6. The molecule has 5 heteroatoms. The molecule has 1 spiro atoms. The Morgan fingerprint density at radius 1 is 1.08 bits per heavy atom. The number of aliphatic hydroxyl groups is 5. The Hall–Kier alpha value is -0.460. The number of hydrogen-bond donors (Lipinski definition) is 5. The lowest BCUT2D eigenvalue weighted by Crippen LogP contribution is -2.73. The summed E-state index contributed by atoms with van der Waals surface area (Å²) in [7, 11) is 0. The van der Waals surface area contributed by atoms with Gasteiger partial charge in [0.2, 0.25) is 0 Å². The second-order valence-corrected chi connectivity index (χ2v) is 9.77. The highest BCUT2D eigenvalue weighted by Gasteiger charge is 2.74. The molecule has 2 bridgehead atoms. The van der Waals surface area contributed by atoms with Gasteiger partial charge in [-0.25, -0.2) is 0 Å². The molecule has 0 aromatic carbocycles. The largest absolute Gasteiger partial charge is 0.396 e. The van der Waals surface area contributed by atoms with Gasteiger partial charge in [0.25, 0.3) is 0 Å². The van der Waals surface area contributed by atoms with E-state index in [1.54, 1.807) is 0 Å². The van der Waals surface area contributed by atoms with Crippen molar-refractivity contribution in [2.45, 2.75) is 70.4 Å². The lowest BCUT2D eigenvalue weighted by Gasteiger charge is -2.68. The van der Waals surface area contributed by atoms with Crippen LogP contribution in [0.5, 0.6) is 0 Å². The maximum Gasteiger partial charge on any atom is 0.0889 e. The molecule has 5 nitrogen and oxygen atoms in total. The Bertz CT molecular complexity index is 593. The van der Waals surface area contributed by atoms with Crippen molar-refractivity contribution in [1.29, 1.82) is 0 Å². The average Bonchev–Trinajstić information content (AvgIpc) is 2.78. The zero-order chi connectivity index (χ0) is 18.4. The highest BCUT2D eigenvalue weighted by molar-refractivity contribution is 5.31. The number of hydrogen-bond acceptors (Lipinski definition) is 5. The van der Waals surface area contributed by atoms with E-state index in [-0.39, 0.29) is 18.4 Å². The fourth-order valence-electron chi connectivity index (χ4n) is 7.67. The van der Waals surface area contributed by atoms with E-state index in [4.69, 9.17) is 0 Å². The molecule has 0 saturated heterocycles. The van der Waals surface area contributed by atoms with Crippen molar-refractivity contribution in [1.82, 2.24) is 0 Å². The van der Waals surface area contributed by atoms with Crippen molar-refractivity contribution in [2.24, 2.45) is 34.0 Å². The zero-order valence-corrected chi connectivity index (χ0v) is 15.2. The molecule has 0 aromatic rings. The van der Waals surface area contributed by atoms with Crippen LogP contribution < -0.4 is 0 Å². The van der Waals surface area contributed by atoms with E-state index in [1.165, 1.54) is 0 Å². The summed E-state index contributed by atoms with van der Waals surface area (Å²) in [6, 6.07) is 0. The third-order valence-corrected chi connectivity index (χ3v) is 8.89. The predicted molar refractivity (Wildman–Crippen MR) is 92.5 cm³/mol. The van der Waals surface area contributed by atoms with Crippen LogP contribution in [0.1, 0.15) is 46.0 Å². The molecule has 25 heavy (non-hydrogen) atoms.